The molecule has 4 rings (SSSR count). The molecule has 1 atom stereocenters. The second-order valence-corrected chi connectivity index (χ2v) is 6.33. The zero-order valence-electron chi connectivity index (χ0n) is 14.9. The summed E-state index contributed by atoms with van der Waals surface area (Å²) in [6.45, 7) is 0.901. The molecule has 1 amide bonds. The van der Waals surface area contributed by atoms with Crippen LogP contribution in [0.1, 0.15) is 34.8 Å². The van der Waals surface area contributed by atoms with Crippen LogP contribution in [0, 0.1) is 0 Å². The number of methoxy groups -OCH3 is 2. The van der Waals surface area contributed by atoms with Gasteiger partial charge in [-0.2, -0.15) is 0 Å². The van der Waals surface area contributed by atoms with E-state index in [1.165, 1.54) is 0 Å². The Balaban J connectivity index is 1.65. The van der Waals surface area contributed by atoms with E-state index in [4.69, 9.17) is 18.9 Å². The van der Waals surface area contributed by atoms with Gasteiger partial charge in [-0.3, -0.25) is 4.79 Å². The summed E-state index contributed by atoms with van der Waals surface area (Å²) < 4.78 is 21.6. The summed E-state index contributed by atoms with van der Waals surface area (Å²) in [5.41, 5.74) is 1.57. The first-order chi connectivity index (χ1) is 12.7. The molecule has 0 spiro atoms. The molecule has 6 nitrogen and oxygen atoms in total. The maximum atomic E-state index is 13.1. The summed E-state index contributed by atoms with van der Waals surface area (Å²) in [6, 6.07) is 11.0. The summed E-state index contributed by atoms with van der Waals surface area (Å²) in [5, 5.41) is 0. The highest BCUT2D eigenvalue weighted by atomic mass is 16.7. The van der Waals surface area contributed by atoms with E-state index in [-0.39, 0.29) is 18.7 Å². The van der Waals surface area contributed by atoms with E-state index in [1.807, 2.05) is 23.1 Å². The first-order valence-electron chi connectivity index (χ1n) is 8.64. The molecule has 0 aliphatic carbocycles. The normalized spacial score (nSPS) is 18.1. The van der Waals surface area contributed by atoms with Gasteiger partial charge < -0.3 is 23.8 Å². The predicted octanol–water partition coefficient (Wildman–Crippen LogP) is 3.41. The largest absolute Gasteiger partial charge is 0.497 e. The molecule has 0 N–H and O–H groups in total. The van der Waals surface area contributed by atoms with Gasteiger partial charge in [0.05, 0.1) is 20.3 Å². The molecule has 2 heterocycles. The molecule has 2 aromatic carbocycles. The minimum atomic E-state index is -0.0435. The van der Waals surface area contributed by atoms with Crippen LogP contribution < -0.4 is 18.9 Å². The van der Waals surface area contributed by atoms with Gasteiger partial charge in [0.15, 0.2) is 11.5 Å². The van der Waals surface area contributed by atoms with Crippen molar-refractivity contribution in [2.75, 3.05) is 27.6 Å². The minimum absolute atomic E-state index is 0.0179. The lowest BCUT2D eigenvalue weighted by atomic mass is 10.0. The quantitative estimate of drug-likeness (QED) is 0.841. The first-order valence-corrected chi connectivity index (χ1v) is 8.64. The van der Waals surface area contributed by atoms with Gasteiger partial charge in [-0.1, -0.05) is 0 Å². The second kappa shape index (κ2) is 6.78. The molecular weight excluding hydrogens is 334 g/mol. The molecule has 1 unspecified atom stereocenters. The number of fused-ring (bicyclic) bond motifs is 1. The van der Waals surface area contributed by atoms with Crippen molar-refractivity contribution in [2.45, 2.75) is 18.9 Å². The fourth-order valence-electron chi connectivity index (χ4n) is 3.63. The summed E-state index contributed by atoms with van der Waals surface area (Å²) in [5.74, 6) is 2.79. The summed E-state index contributed by atoms with van der Waals surface area (Å²) in [6.07, 6.45) is 1.83. The van der Waals surface area contributed by atoms with Gasteiger partial charge in [0.2, 0.25) is 6.79 Å². The van der Waals surface area contributed by atoms with Crippen molar-refractivity contribution in [1.29, 1.82) is 0 Å². The number of hydrogen-bond acceptors (Lipinski definition) is 5. The van der Waals surface area contributed by atoms with E-state index in [0.717, 1.165) is 29.9 Å². The molecule has 26 heavy (non-hydrogen) atoms. The van der Waals surface area contributed by atoms with Crippen LogP contribution in [-0.4, -0.2) is 38.4 Å². The van der Waals surface area contributed by atoms with Crippen LogP contribution in [0.25, 0.3) is 0 Å². The van der Waals surface area contributed by atoms with Gasteiger partial charge in [0, 0.05) is 17.7 Å². The van der Waals surface area contributed by atoms with E-state index in [1.54, 1.807) is 32.4 Å². The second-order valence-electron chi connectivity index (χ2n) is 6.33. The lowest BCUT2D eigenvalue weighted by Crippen LogP contribution is -2.30. The average Bonchev–Trinajstić information content (AvgIpc) is 3.35. The maximum Gasteiger partial charge on any atom is 0.254 e. The Labute approximate surface area is 152 Å². The van der Waals surface area contributed by atoms with Crippen LogP contribution in [0.2, 0.25) is 0 Å². The Morgan fingerprint density at radius 3 is 2.73 bits per heavy atom. The zero-order valence-corrected chi connectivity index (χ0v) is 14.9. The van der Waals surface area contributed by atoms with Gasteiger partial charge in [0.25, 0.3) is 5.91 Å². The average molecular weight is 355 g/mol. The molecule has 2 aliphatic heterocycles. The minimum Gasteiger partial charge on any atom is -0.497 e. The van der Waals surface area contributed by atoms with Gasteiger partial charge in [-0.15, -0.1) is 0 Å². The number of hydrogen-bond donors (Lipinski definition) is 0. The number of carbonyl (C=O) groups is 1. The topological polar surface area (TPSA) is 57.2 Å². The third kappa shape index (κ3) is 2.81. The maximum absolute atomic E-state index is 13.1. The monoisotopic (exact) mass is 355 g/mol. The van der Waals surface area contributed by atoms with Crippen LogP contribution >= 0.6 is 0 Å². The van der Waals surface area contributed by atoms with Crippen molar-refractivity contribution in [3.8, 4) is 23.0 Å². The predicted molar refractivity (Wildman–Crippen MR) is 95.1 cm³/mol. The highest BCUT2D eigenvalue weighted by Gasteiger charge is 2.33. The van der Waals surface area contributed by atoms with E-state index in [2.05, 4.69) is 0 Å². The Bertz CT molecular complexity index is 835. The van der Waals surface area contributed by atoms with E-state index in [9.17, 15) is 4.79 Å². The molecule has 0 saturated carbocycles. The zero-order chi connectivity index (χ0) is 18.1. The highest BCUT2D eigenvalue weighted by Crippen LogP contribution is 2.40. The fraction of sp³-hybridized carbons (Fsp3) is 0.350. The molecule has 0 aromatic heterocycles. The summed E-state index contributed by atoms with van der Waals surface area (Å²) in [7, 11) is 3.28. The summed E-state index contributed by atoms with van der Waals surface area (Å²) >= 11 is 0. The smallest absolute Gasteiger partial charge is 0.254 e. The SMILES string of the molecule is COc1ccc(OC)c(C2CCCN2C(=O)c2ccc3c(c2)OCO3)c1. The summed E-state index contributed by atoms with van der Waals surface area (Å²) in [4.78, 5) is 15.0. The third-order valence-electron chi connectivity index (χ3n) is 4.93. The van der Waals surface area contributed by atoms with Crippen molar-refractivity contribution in [3.05, 3.63) is 47.5 Å². The van der Waals surface area contributed by atoms with E-state index >= 15 is 0 Å². The lowest BCUT2D eigenvalue weighted by Gasteiger charge is -2.27. The van der Waals surface area contributed by atoms with Crippen molar-refractivity contribution >= 4 is 5.91 Å². The molecule has 2 aliphatic rings. The third-order valence-corrected chi connectivity index (χ3v) is 4.93. The van der Waals surface area contributed by atoms with Crippen LogP contribution in [0.15, 0.2) is 36.4 Å². The number of ether oxygens (including phenoxy) is 4. The number of amides is 1. The Morgan fingerprint density at radius 1 is 1.08 bits per heavy atom. The lowest BCUT2D eigenvalue weighted by molar-refractivity contribution is 0.0733. The van der Waals surface area contributed by atoms with Crippen LogP contribution in [0.3, 0.4) is 0 Å². The number of carbonyl (C=O) groups excluding carboxylic acids is 1. The molecule has 1 saturated heterocycles. The Kier molecular flexibility index (Phi) is 4.32. The Hall–Kier alpha value is -2.89. The molecule has 136 valence electrons. The number of likely N-dealkylation sites (tertiary alicyclic amines) is 1. The van der Waals surface area contributed by atoms with Gasteiger partial charge in [-0.25, -0.2) is 0 Å². The molecule has 1 fully saturated rings. The van der Waals surface area contributed by atoms with Gasteiger partial charge in [-0.05, 0) is 49.2 Å². The molecule has 0 radical (unpaired) electrons. The van der Waals surface area contributed by atoms with Gasteiger partial charge >= 0.3 is 0 Å². The Morgan fingerprint density at radius 2 is 1.92 bits per heavy atom. The number of benzene rings is 2. The van der Waals surface area contributed by atoms with Crippen LogP contribution in [-0.2, 0) is 0 Å². The van der Waals surface area contributed by atoms with Crippen molar-refractivity contribution in [1.82, 2.24) is 4.90 Å². The fourth-order valence-corrected chi connectivity index (χ4v) is 3.63. The van der Waals surface area contributed by atoms with Crippen molar-refractivity contribution < 1.29 is 23.7 Å². The first kappa shape index (κ1) is 16.6. The van der Waals surface area contributed by atoms with Crippen LogP contribution in [0.4, 0.5) is 0 Å². The van der Waals surface area contributed by atoms with Gasteiger partial charge in [0.1, 0.15) is 11.5 Å². The highest BCUT2D eigenvalue weighted by molar-refractivity contribution is 5.95. The molecular formula is C20H21NO5. The molecule has 2 aromatic rings. The van der Waals surface area contributed by atoms with E-state index < -0.39 is 0 Å². The number of nitrogens with zero attached hydrogens (tertiary/aromatic N) is 1. The van der Waals surface area contributed by atoms with Crippen molar-refractivity contribution in [2.24, 2.45) is 0 Å². The number of rotatable bonds is 4. The van der Waals surface area contributed by atoms with E-state index in [0.29, 0.717) is 23.6 Å². The molecule has 6 heteroatoms. The molecule has 0 bridgehead atoms. The standard InChI is InChI=1S/C20H21NO5/c1-23-14-6-8-17(24-2)15(11-14)16-4-3-9-21(16)20(22)13-5-7-18-19(10-13)26-12-25-18/h5-8,10-11,16H,3-4,9,12H2,1-2H3. The van der Waals surface area contributed by atoms with Crippen molar-refractivity contribution in [3.63, 3.8) is 0 Å². The van der Waals surface area contributed by atoms with Crippen LogP contribution in [0.5, 0.6) is 23.0 Å².